The maximum absolute atomic E-state index is 3.93. The Morgan fingerprint density at radius 1 is 1.30 bits per heavy atom. The number of benzene rings is 1. The number of rotatable bonds is 3. The van der Waals surface area contributed by atoms with Gasteiger partial charge in [0.05, 0.1) is 0 Å². The summed E-state index contributed by atoms with van der Waals surface area (Å²) in [5.74, 6) is 0.894. The lowest BCUT2D eigenvalue weighted by Gasteiger charge is -2.44. The number of hydrogen-bond donors (Lipinski definition) is 1. The summed E-state index contributed by atoms with van der Waals surface area (Å²) in [5, 5.41) is 3.93. The fourth-order valence-corrected chi connectivity index (χ4v) is 5.22. The van der Waals surface area contributed by atoms with Crippen LogP contribution >= 0.6 is 15.9 Å². The Labute approximate surface area is 131 Å². The topological polar surface area (TPSA) is 12.0 Å². The molecule has 2 aliphatic carbocycles. The first-order valence-corrected chi connectivity index (χ1v) is 8.71. The van der Waals surface area contributed by atoms with E-state index in [1.54, 1.807) is 0 Å². The SMILES string of the molecule is CCc1cc(Br)ccc1NC1C2(C)CCC(C2)C1(C)C. The third-order valence-electron chi connectivity index (χ3n) is 6.02. The summed E-state index contributed by atoms with van der Waals surface area (Å²) in [6, 6.07) is 7.25. The zero-order valence-electron chi connectivity index (χ0n) is 13.1. The van der Waals surface area contributed by atoms with Gasteiger partial charge in [-0.1, -0.05) is 43.6 Å². The van der Waals surface area contributed by atoms with Crippen molar-refractivity contribution >= 4 is 21.6 Å². The molecule has 0 amide bonds. The van der Waals surface area contributed by atoms with E-state index in [2.05, 4.69) is 67.1 Å². The van der Waals surface area contributed by atoms with Crippen LogP contribution in [0.1, 0.15) is 52.5 Å². The maximum atomic E-state index is 3.93. The van der Waals surface area contributed by atoms with Gasteiger partial charge in [-0.05, 0) is 66.2 Å². The monoisotopic (exact) mass is 335 g/mol. The molecular formula is C18H26BrN. The predicted molar refractivity (Wildman–Crippen MR) is 90.2 cm³/mol. The third-order valence-corrected chi connectivity index (χ3v) is 6.51. The van der Waals surface area contributed by atoms with Crippen LogP contribution in [0.3, 0.4) is 0 Å². The van der Waals surface area contributed by atoms with E-state index in [4.69, 9.17) is 0 Å². The van der Waals surface area contributed by atoms with Gasteiger partial charge in [-0.3, -0.25) is 0 Å². The summed E-state index contributed by atoms with van der Waals surface area (Å²) in [6.45, 7) is 9.65. The van der Waals surface area contributed by atoms with Crippen molar-refractivity contribution in [2.24, 2.45) is 16.7 Å². The Morgan fingerprint density at radius 2 is 2.05 bits per heavy atom. The normalized spacial score (nSPS) is 34.5. The summed E-state index contributed by atoms with van der Waals surface area (Å²) in [6.07, 6.45) is 5.28. The smallest absolute Gasteiger partial charge is 0.0375 e. The first-order chi connectivity index (χ1) is 9.37. The minimum atomic E-state index is 0.408. The molecule has 2 heteroatoms. The largest absolute Gasteiger partial charge is 0.381 e. The van der Waals surface area contributed by atoms with E-state index in [1.165, 1.54) is 35.0 Å². The van der Waals surface area contributed by atoms with E-state index in [9.17, 15) is 0 Å². The van der Waals surface area contributed by atoms with E-state index >= 15 is 0 Å². The Balaban J connectivity index is 1.91. The molecule has 0 saturated heterocycles. The molecule has 0 heterocycles. The molecule has 1 N–H and O–H groups in total. The molecule has 3 atom stereocenters. The minimum absolute atomic E-state index is 0.408. The van der Waals surface area contributed by atoms with Gasteiger partial charge in [-0.25, -0.2) is 0 Å². The van der Waals surface area contributed by atoms with Crippen LogP contribution in [0.2, 0.25) is 0 Å². The molecule has 2 bridgehead atoms. The van der Waals surface area contributed by atoms with Crippen molar-refractivity contribution in [3.63, 3.8) is 0 Å². The second-order valence-electron chi connectivity index (χ2n) is 7.65. The van der Waals surface area contributed by atoms with Crippen molar-refractivity contribution < 1.29 is 0 Å². The van der Waals surface area contributed by atoms with Gasteiger partial charge >= 0.3 is 0 Å². The van der Waals surface area contributed by atoms with Crippen LogP contribution in [0.4, 0.5) is 5.69 Å². The maximum Gasteiger partial charge on any atom is 0.0375 e. The second-order valence-corrected chi connectivity index (χ2v) is 8.56. The van der Waals surface area contributed by atoms with Crippen molar-refractivity contribution in [3.8, 4) is 0 Å². The Morgan fingerprint density at radius 3 is 2.65 bits per heavy atom. The average molecular weight is 336 g/mol. The van der Waals surface area contributed by atoms with Crippen molar-refractivity contribution in [1.29, 1.82) is 0 Å². The number of halogens is 1. The lowest BCUT2D eigenvalue weighted by atomic mass is 9.68. The third kappa shape index (κ3) is 2.11. The van der Waals surface area contributed by atoms with Crippen LogP contribution in [0, 0.1) is 16.7 Å². The second kappa shape index (κ2) is 4.76. The van der Waals surface area contributed by atoms with E-state index in [0.29, 0.717) is 16.9 Å². The van der Waals surface area contributed by atoms with Gasteiger partial charge in [0, 0.05) is 16.2 Å². The lowest BCUT2D eigenvalue weighted by molar-refractivity contribution is 0.155. The Kier molecular flexibility index (Phi) is 3.44. The molecule has 1 aromatic carbocycles. The van der Waals surface area contributed by atoms with Crippen LogP contribution < -0.4 is 5.32 Å². The lowest BCUT2D eigenvalue weighted by Crippen LogP contribution is -2.45. The molecule has 0 spiro atoms. The van der Waals surface area contributed by atoms with Gasteiger partial charge in [0.2, 0.25) is 0 Å². The average Bonchev–Trinajstić information content (AvgIpc) is 2.87. The zero-order valence-corrected chi connectivity index (χ0v) is 14.7. The molecule has 0 radical (unpaired) electrons. The fourth-order valence-electron chi connectivity index (χ4n) is 4.81. The zero-order chi connectivity index (χ0) is 14.5. The molecule has 2 saturated carbocycles. The first-order valence-electron chi connectivity index (χ1n) is 7.92. The van der Waals surface area contributed by atoms with Crippen LogP contribution in [-0.2, 0) is 6.42 Å². The summed E-state index contributed by atoms with van der Waals surface area (Å²) >= 11 is 3.59. The highest BCUT2D eigenvalue weighted by Crippen LogP contribution is 2.63. The first kappa shape index (κ1) is 14.4. The van der Waals surface area contributed by atoms with Gasteiger partial charge in [0.25, 0.3) is 0 Å². The highest BCUT2D eigenvalue weighted by Gasteiger charge is 2.59. The predicted octanol–water partition coefficient (Wildman–Crippen LogP) is 5.64. The van der Waals surface area contributed by atoms with Gasteiger partial charge in [-0.15, -0.1) is 0 Å². The minimum Gasteiger partial charge on any atom is -0.381 e. The Bertz CT molecular complexity index is 517. The molecule has 2 fully saturated rings. The van der Waals surface area contributed by atoms with Gasteiger partial charge in [0.1, 0.15) is 0 Å². The van der Waals surface area contributed by atoms with Crippen molar-refractivity contribution in [2.45, 2.75) is 59.4 Å². The number of anilines is 1. The summed E-state index contributed by atoms with van der Waals surface area (Å²) < 4.78 is 1.18. The molecule has 0 aliphatic heterocycles. The number of fused-ring (bicyclic) bond motifs is 2. The highest BCUT2D eigenvalue weighted by molar-refractivity contribution is 9.10. The van der Waals surface area contributed by atoms with Crippen molar-refractivity contribution in [2.75, 3.05) is 5.32 Å². The number of nitrogens with one attached hydrogen (secondary N) is 1. The molecule has 2 aliphatic rings. The van der Waals surface area contributed by atoms with Gasteiger partial charge in [-0.2, -0.15) is 0 Å². The molecule has 110 valence electrons. The summed E-state index contributed by atoms with van der Waals surface area (Å²) in [4.78, 5) is 0. The molecule has 1 nitrogen and oxygen atoms in total. The van der Waals surface area contributed by atoms with E-state index in [0.717, 1.165) is 12.3 Å². The van der Waals surface area contributed by atoms with E-state index in [1.807, 2.05) is 0 Å². The van der Waals surface area contributed by atoms with E-state index in [-0.39, 0.29) is 0 Å². The standard InChI is InChI=1S/C18H26BrN/c1-5-12-10-14(19)6-7-15(12)20-16-17(2,3)13-8-9-18(16,4)11-13/h6-7,10,13,16,20H,5,8-9,11H2,1-4H3. The van der Waals surface area contributed by atoms with Crippen LogP contribution in [0.25, 0.3) is 0 Å². The summed E-state index contributed by atoms with van der Waals surface area (Å²) in [5.41, 5.74) is 3.64. The van der Waals surface area contributed by atoms with Crippen LogP contribution in [0.5, 0.6) is 0 Å². The van der Waals surface area contributed by atoms with Crippen LogP contribution in [-0.4, -0.2) is 6.04 Å². The fraction of sp³-hybridized carbons (Fsp3) is 0.667. The Hall–Kier alpha value is -0.500. The number of hydrogen-bond acceptors (Lipinski definition) is 1. The molecule has 0 aromatic heterocycles. The van der Waals surface area contributed by atoms with Crippen molar-refractivity contribution in [3.05, 3.63) is 28.2 Å². The van der Waals surface area contributed by atoms with E-state index < -0.39 is 0 Å². The van der Waals surface area contributed by atoms with Gasteiger partial charge in [0.15, 0.2) is 0 Å². The molecule has 3 unspecified atom stereocenters. The molecule has 20 heavy (non-hydrogen) atoms. The van der Waals surface area contributed by atoms with Gasteiger partial charge < -0.3 is 5.32 Å². The van der Waals surface area contributed by atoms with Crippen molar-refractivity contribution in [1.82, 2.24) is 0 Å². The summed E-state index contributed by atoms with van der Waals surface area (Å²) in [7, 11) is 0. The quantitative estimate of drug-likeness (QED) is 0.753. The molecular weight excluding hydrogens is 310 g/mol. The van der Waals surface area contributed by atoms with Crippen LogP contribution in [0.15, 0.2) is 22.7 Å². The molecule has 1 aromatic rings. The highest BCUT2D eigenvalue weighted by atomic mass is 79.9. The molecule has 3 rings (SSSR count). The number of aryl methyl sites for hydroxylation is 1.